The highest BCUT2D eigenvalue weighted by molar-refractivity contribution is 9.11. The Kier molecular flexibility index (Phi) is 3.35. The molecule has 0 bridgehead atoms. The fourth-order valence-corrected chi connectivity index (χ4v) is 3.93. The second-order valence-corrected chi connectivity index (χ2v) is 5.81. The normalized spacial score (nSPS) is 31.1. The van der Waals surface area contributed by atoms with E-state index in [-0.39, 0.29) is 5.41 Å². The second kappa shape index (κ2) is 4.49. The molecule has 0 aliphatic heterocycles. The van der Waals surface area contributed by atoms with Crippen LogP contribution in [0, 0.1) is 12.8 Å². The zero-order chi connectivity index (χ0) is 12.6. The molecule has 1 nitrogen and oxygen atoms in total. The maximum atomic E-state index is 10.2. The molecule has 0 aromatic heterocycles. The lowest BCUT2D eigenvalue weighted by Crippen LogP contribution is -2.20. The van der Waals surface area contributed by atoms with Gasteiger partial charge in [0.1, 0.15) is 5.75 Å². The summed E-state index contributed by atoms with van der Waals surface area (Å²) in [6.45, 7) is 6.49. The van der Waals surface area contributed by atoms with E-state index in [1.54, 1.807) is 0 Å². The first kappa shape index (κ1) is 12.7. The highest BCUT2D eigenvalue weighted by Gasteiger charge is 2.40. The number of hydrogen-bond donors (Lipinski definition) is 1. The van der Waals surface area contributed by atoms with Gasteiger partial charge in [0.15, 0.2) is 0 Å². The van der Waals surface area contributed by atoms with Crippen molar-refractivity contribution in [3.05, 3.63) is 39.9 Å². The van der Waals surface area contributed by atoms with Crippen LogP contribution in [0.5, 0.6) is 5.75 Å². The molecule has 17 heavy (non-hydrogen) atoms. The molecule has 1 saturated carbocycles. The van der Waals surface area contributed by atoms with Crippen LogP contribution in [0.2, 0.25) is 0 Å². The number of aromatic hydroxyl groups is 1. The van der Waals surface area contributed by atoms with Gasteiger partial charge < -0.3 is 5.11 Å². The highest BCUT2D eigenvalue weighted by atomic mass is 79.9. The van der Waals surface area contributed by atoms with Crippen molar-refractivity contribution < 1.29 is 5.11 Å². The van der Waals surface area contributed by atoms with Crippen LogP contribution < -0.4 is 0 Å². The number of halogens is 1. The number of phenols is 1. The van der Waals surface area contributed by atoms with Gasteiger partial charge in [0, 0.05) is 11.0 Å². The Labute approximate surface area is 112 Å². The summed E-state index contributed by atoms with van der Waals surface area (Å²) < 4.78 is 0. The Morgan fingerprint density at radius 1 is 1.47 bits per heavy atom. The molecular weight excluding hydrogens is 276 g/mol. The molecule has 1 N–H and O–H groups in total. The quantitative estimate of drug-likeness (QED) is 0.798. The molecule has 0 radical (unpaired) electrons. The average Bonchev–Trinajstić information content (AvgIpc) is 2.55. The van der Waals surface area contributed by atoms with E-state index in [2.05, 4.69) is 41.9 Å². The molecular formula is C15H19BrO. The molecule has 2 heteroatoms. The molecule has 1 aliphatic carbocycles. The molecule has 1 aromatic rings. The summed E-state index contributed by atoms with van der Waals surface area (Å²) in [5.74, 6) is 1.01. The predicted molar refractivity (Wildman–Crippen MR) is 75.6 cm³/mol. The van der Waals surface area contributed by atoms with Gasteiger partial charge in [-0.25, -0.2) is 0 Å². The van der Waals surface area contributed by atoms with Gasteiger partial charge in [0.25, 0.3) is 0 Å². The van der Waals surface area contributed by atoms with E-state index in [4.69, 9.17) is 0 Å². The second-order valence-electron chi connectivity index (χ2n) is 5.36. The maximum absolute atomic E-state index is 10.2. The molecule has 1 fully saturated rings. The molecule has 0 unspecified atom stereocenters. The number of hydrogen-bond acceptors (Lipinski definition) is 1. The van der Waals surface area contributed by atoms with Crippen molar-refractivity contribution in [3.8, 4) is 5.75 Å². The molecule has 0 heterocycles. The zero-order valence-electron chi connectivity index (χ0n) is 10.6. The lowest BCUT2D eigenvalue weighted by molar-refractivity contribution is 0.445. The molecule has 1 aromatic carbocycles. The highest BCUT2D eigenvalue weighted by Crippen LogP contribution is 2.50. The largest absolute Gasteiger partial charge is 0.508 e. The monoisotopic (exact) mass is 294 g/mol. The summed E-state index contributed by atoms with van der Waals surface area (Å²) in [4.78, 5) is 2.05. The third-order valence-electron chi connectivity index (χ3n) is 4.11. The standard InChI is InChI=1S/C15H19BrO/c1-10-4-5-12(14(17)8-10)15(3)7-6-11(2)13(15)9-16/h4-5,8-9,11,17H,6-7H2,1-3H3/t11-,15-/m0/s1. The summed E-state index contributed by atoms with van der Waals surface area (Å²) in [5, 5.41) is 10.2. The lowest BCUT2D eigenvalue weighted by Gasteiger charge is -2.28. The van der Waals surface area contributed by atoms with Crippen LogP contribution in [0.1, 0.15) is 37.8 Å². The molecule has 92 valence electrons. The fraction of sp³-hybridized carbons (Fsp3) is 0.467. The van der Waals surface area contributed by atoms with Crippen molar-refractivity contribution in [2.45, 2.75) is 39.0 Å². The Morgan fingerprint density at radius 2 is 2.18 bits per heavy atom. The summed E-state index contributed by atoms with van der Waals surface area (Å²) in [6.07, 6.45) is 2.28. The first-order valence-corrected chi connectivity index (χ1v) is 7.01. The zero-order valence-corrected chi connectivity index (χ0v) is 12.2. The van der Waals surface area contributed by atoms with E-state index in [1.807, 2.05) is 18.0 Å². The van der Waals surface area contributed by atoms with E-state index < -0.39 is 0 Å². The number of allylic oxidation sites excluding steroid dienone is 1. The first-order valence-electron chi connectivity index (χ1n) is 6.10. The Balaban J connectivity index is 2.52. The van der Waals surface area contributed by atoms with Gasteiger partial charge >= 0.3 is 0 Å². The van der Waals surface area contributed by atoms with Gasteiger partial charge in [-0.3, -0.25) is 0 Å². The third kappa shape index (κ3) is 2.03. The van der Waals surface area contributed by atoms with Crippen LogP contribution in [0.15, 0.2) is 28.8 Å². The van der Waals surface area contributed by atoms with Crippen LogP contribution in [-0.4, -0.2) is 5.11 Å². The molecule has 2 atom stereocenters. The smallest absolute Gasteiger partial charge is 0.119 e. The first-order chi connectivity index (χ1) is 7.99. The molecule has 0 amide bonds. The lowest BCUT2D eigenvalue weighted by atomic mass is 9.76. The van der Waals surface area contributed by atoms with Crippen molar-refractivity contribution in [3.63, 3.8) is 0 Å². The molecule has 1 aliphatic rings. The Morgan fingerprint density at radius 3 is 2.76 bits per heavy atom. The van der Waals surface area contributed by atoms with Crippen LogP contribution in [0.25, 0.3) is 0 Å². The van der Waals surface area contributed by atoms with Gasteiger partial charge in [-0.15, -0.1) is 0 Å². The van der Waals surface area contributed by atoms with Crippen LogP contribution in [0.3, 0.4) is 0 Å². The van der Waals surface area contributed by atoms with E-state index in [1.165, 1.54) is 12.0 Å². The molecule has 2 rings (SSSR count). The van der Waals surface area contributed by atoms with Gasteiger partial charge in [0.05, 0.1) is 0 Å². The van der Waals surface area contributed by atoms with Crippen LogP contribution in [0.4, 0.5) is 0 Å². The summed E-state index contributed by atoms with van der Waals surface area (Å²) in [5.41, 5.74) is 3.51. The van der Waals surface area contributed by atoms with Crippen molar-refractivity contribution >= 4 is 15.9 Å². The summed E-state index contributed by atoms with van der Waals surface area (Å²) >= 11 is 3.48. The van der Waals surface area contributed by atoms with Crippen LogP contribution in [-0.2, 0) is 5.41 Å². The molecule has 0 saturated heterocycles. The van der Waals surface area contributed by atoms with Gasteiger partial charge in [-0.1, -0.05) is 47.5 Å². The number of rotatable bonds is 1. The van der Waals surface area contributed by atoms with Crippen molar-refractivity contribution in [1.29, 1.82) is 0 Å². The summed E-state index contributed by atoms with van der Waals surface area (Å²) in [6, 6.07) is 6.00. The number of benzene rings is 1. The predicted octanol–water partition coefficient (Wildman–Crippen LogP) is 4.67. The van der Waals surface area contributed by atoms with Crippen LogP contribution >= 0.6 is 15.9 Å². The van der Waals surface area contributed by atoms with E-state index in [9.17, 15) is 5.11 Å². The number of aryl methyl sites for hydroxylation is 1. The summed E-state index contributed by atoms with van der Waals surface area (Å²) in [7, 11) is 0. The number of phenolic OH excluding ortho intramolecular Hbond substituents is 1. The fourth-order valence-electron chi connectivity index (χ4n) is 2.98. The van der Waals surface area contributed by atoms with Crippen molar-refractivity contribution in [1.82, 2.24) is 0 Å². The van der Waals surface area contributed by atoms with E-state index in [0.717, 1.165) is 17.5 Å². The average molecular weight is 295 g/mol. The minimum absolute atomic E-state index is 0.0271. The molecule has 0 spiro atoms. The Bertz CT molecular complexity index is 464. The Hall–Kier alpha value is -0.760. The maximum Gasteiger partial charge on any atom is 0.119 e. The SMILES string of the molecule is Cc1ccc([C@]2(C)CC[C@H](C)C2=CBr)c(O)c1. The van der Waals surface area contributed by atoms with Gasteiger partial charge in [-0.2, -0.15) is 0 Å². The van der Waals surface area contributed by atoms with Crippen molar-refractivity contribution in [2.24, 2.45) is 5.92 Å². The van der Waals surface area contributed by atoms with E-state index >= 15 is 0 Å². The minimum Gasteiger partial charge on any atom is -0.508 e. The van der Waals surface area contributed by atoms with Gasteiger partial charge in [-0.05, 0) is 42.3 Å². The van der Waals surface area contributed by atoms with E-state index in [0.29, 0.717) is 11.7 Å². The topological polar surface area (TPSA) is 20.2 Å². The van der Waals surface area contributed by atoms with Gasteiger partial charge in [0.2, 0.25) is 0 Å². The van der Waals surface area contributed by atoms with Crippen molar-refractivity contribution in [2.75, 3.05) is 0 Å². The minimum atomic E-state index is -0.0271. The third-order valence-corrected chi connectivity index (χ3v) is 4.60.